The highest BCUT2D eigenvalue weighted by Gasteiger charge is 2.44. The summed E-state index contributed by atoms with van der Waals surface area (Å²) in [5.74, 6) is -0.711. The molecule has 0 aromatic heterocycles. The van der Waals surface area contributed by atoms with Gasteiger partial charge in [0.25, 0.3) is 0 Å². The van der Waals surface area contributed by atoms with Crippen LogP contribution in [0.5, 0.6) is 0 Å². The van der Waals surface area contributed by atoms with E-state index in [0.717, 1.165) is 44.9 Å². The van der Waals surface area contributed by atoms with Gasteiger partial charge in [0.15, 0.2) is 6.29 Å². The van der Waals surface area contributed by atoms with Crippen molar-refractivity contribution in [2.75, 3.05) is 13.2 Å². The normalized spacial score (nSPS) is 19.8. The van der Waals surface area contributed by atoms with E-state index in [1.165, 1.54) is 205 Å². The fraction of sp³-hybridized carbons (Fsp3) is 0.864. The molecule has 0 saturated carbocycles. The van der Waals surface area contributed by atoms with Crippen molar-refractivity contribution in [1.82, 2.24) is 5.32 Å². The summed E-state index contributed by atoms with van der Waals surface area (Å²) in [6.45, 7) is 3.47. The Morgan fingerprint density at radius 1 is 0.442 bits per heavy atom. The number of allylic oxidation sites excluding steroid dienone is 8. The minimum Gasteiger partial charge on any atom is -0.394 e. The first kappa shape index (κ1) is 73.1. The van der Waals surface area contributed by atoms with Gasteiger partial charge in [-0.05, 0) is 89.9 Å². The monoisotopic (exact) mass is 1090 g/mol. The van der Waals surface area contributed by atoms with Crippen molar-refractivity contribution < 1.29 is 50.0 Å². The number of carbonyl (C=O) groups is 1. The van der Waals surface area contributed by atoms with E-state index in [-0.39, 0.29) is 12.8 Å². The van der Waals surface area contributed by atoms with E-state index in [1.807, 2.05) is 0 Å². The molecule has 0 aliphatic carbocycles. The lowest BCUT2D eigenvalue weighted by molar-refractivity contribution is -0.303. The molecule has 1 aliphatic rings. The molecule has 1 heterocycles. The minimum atomic E-state index is -1.67. The van der Waals surface area contributed by atoms with E-state index in [9.17, 15) is 40.5 Å². The number of unbranched alkanes of at least 4 members (excludes halogenated alkanes) is 36. The molecule has 8 N–H and O–H groups in total. The maximum Gasteiger partial charge on any atom is 0.249 e. The van der Waals surface area contributed by atoms with Crippen LogP contribution in [-0.4, -0.2) is 110 Å². The topological polar surface area (TPSA) is 189 Å². The molecule has 0 spiro atoms. The molecule has 9 unspecified atom stereocenters. The number of hydrogen-bond donors (Lipinski definition) is 8. The average molecular weight is 1090 g/mol. The van der Waals surface area contributed by atoms with E-state index >= 15 is 0 Å². The third kappa shape index (κ3) is 42.6. The highest BCUT2D eigenvalue weighted by molar-refractivity contribution is 5.80. The van der Waals surface area contributed by atoms with Gasteiger partial charge in [0.05, 0.1) is 25.4 Å². The molecule has 0 bridgehead atoms. The zero-order valence-corrected chi connectivity index (χ0v) is 49.7. The third-order valence-corrected chi connectivity index (χ3v) is 15.6. The van der Waals surface area contributed by atoms with Gasteiger partial charge in [0, 0.05) is 0 Å². The van der Waals surface area contributed by atoms with Crippen LogP contribution in [0.15, 0.2) is 48.6 Å². The molecule has 77 heavy (non-hydrogen) atoms. The van der Waals surface area contributed by atoms with Crippen LogP contribution < -0.4 is 5.32 Å². The number of nitrogens with one attached hydrogen (secondary N) is 1. The van der Waals surface area contributed by atoms with Gasteiger partial charge in [-0.1, -0.05) is 255 Å². The van der Waals surface area contributed by atoms with Crippen molar-refractivity contribution in [3.8, 4) is 0 Å². The van der Waals surface area contributed by atoms with Gasteiger partial charge in [-0.15, -0.1) is 0 Å². The molecule has 452 valence electrons. The fourth-order valence-electron chi connectivity index (χ4n) is 10.3. The quantitative estimate of drug-likeness (QED) is 0.0215. The molecule has 11 heteroatoms. The molecule has 0 radical (unpaired) electrons. The Bertz CT molecular complexity index is 1390. The van der Waals surface area contributed by atoms with Crippen LogP contribution in [0.25, 0.3) is 0 Å². The second-order valence-electron chi connectivity index (χ2n) is 22.8. The lowest BCUT2D eigenvalue weighted by Gasteiger charge is -2.40. The van der Waals surface area contributed by atoms with Crippen LogP contribution >= 0.6 is 0 Å². The van der Waals surface area contributed by atoms with Gasteiger partial charge < -0.3 is 50.5 Å². The first-order valence-electron chi connectivity index (χ1n) is 32.5. The summed E-state index contributed by atoms with van der Waals surface area (Å²) < 4.78 is 11.2. The molecular formula is C66H123NO10. The van der Waals surface area contributed by atoms with Gasteiger partial charge in [0.2, 0.25) is 5.91 Å². The molecule has 1 fully saturated rings. The maximum atomic E-state index is 13.2. The van der Waals surface area contributed by atoms with Crippen LogP contribution in [0.3, 0.4) is 0 Å². The van der Waals surface area contributed by atoms with Crippen molar-refractivity contribution >= 4 is 5.91 Å². The van der Waals surface area contributed by atoms with Crippen LogP contribution in [0.1, 0.15) is 296 Å². The van der Waals surface area contributed by atoms with Gasteiger partial charge in [0.1, 0.15) is 36.6 Å². The second kappa shape index (κ2) is 54.6. The lowest BCUT2D eigenvalue weighted by atomic mass is 9.98. The Balaban J connectivity index is 2.28. The Kier molecular flexibility index (Phi) is 51.9. The van der Waals surface area contributed by atoms with Gasteiger partial charge in [-0.3, -0.25) is 4.79 Å². The molecule has 1 rings (SSSR count). The molecule has 0 aromatic rings. The second-order valence-corrected chi connectivity index (χ2v) is 22.8. The molecule has 1 amide bonds. The Morgan fingerprint density at radius 3 is 1.16 bits per heavy atom. The standard InChI is InChI=1S/C66H123NO10/c1-3-5-7-9-11-13-15-17-19-21-23-25-27-28-29-30-32-34-36-38-40-42-44-46-48-50-52-54-59(70)65(75)67-57(56-76-66-64(74)63(73)62(72)60(55-68)77-66)61(71)58(69)53-51-49-47-45-43-41-39-37-35-33-31-26-24-22-20-18-16-14-12-10-8-6-4-2/h26,28-29,31,37,39,45,47,57-64,66,68-74H,3-25,27,30,32-36,38,40-44,46,48-56H2,1-2H3,(H,67,75)/b29-28-,31-26+,39-37+,47-45+. The van der Waals surface area contributed by atoms with Crippen LogP contribution in [0.2, 0.25) is 0 Å². The fourth-order valence-corrected chi connectivity index (χ4v) is 10.3. The summed E-state index contributed by atoms with van der Waals surface area (Å²) in [4.78, 5) is 13.2. The van der Waals surface area contributed by atoms with E-state index in [0.29, 0.717) is 19.3 Å². The molecule has 1 aliphatic heterocycles. The predicted octanol–water partition coefficient (Wildman–Crippen LogP) is 14.8. The van der Waals surface area contributed by atoms with Gasteiger partial charge in [-0.25, -0.2) is 0 Å². The van der Waals surface area contributed by atoms with Crippen molar-refractivity contribution in [2.45, 2.75) is 351 Å². The van der Waals surface area contributed by atoms with Crippen LogP contribution in [-0.2, 0) is 14.3 Å². The van der Waals surface area contributed by atoms with Gasteiger partial charge in [-0.2, -0.15) is 0 Å². The van der Waals surface area contributed by atoms with E-state index in [1.54, 1.807) is 0 Å². The SMILES string of the molecule is CCCCCCCCCCCC/C=C/CC/C=C/CC/C=C/CCCC(O)C(O)C(COC1OC(CO)C(O)C(O)C1O)NC(=O)C(O)CCCCCCCCCCCCC/C=C\CCCCCCCCCCCCCC. The summed E-state index contributed by atoms with van der Waals surface area (Å²) >= 11 is 0. The molecule has 9 atom stereocenters. The van der Waals surface area contributed by atoms with E-state index < -0.39 is 74.2 Å². The smallest absolute Gasteiger partial charge is 0.249 e. The van der Waals surface area contributed by atoms with Crippen molar-refractivity contribution in [2.24, 2.45) is 0 Å². The number of carbonyl (C=O) groups excluding carboxylic acids is 1. The Morgan fingerprint density at radius 2 is 0.779 bits per heavy atom. The molecule has 1 saturated heterocycles. The summed E-state index contributed by atoms with van der Waals surface area (Å²) in [7, 11) is 0. The predicted molar refractivity (Wildman–Crippen MR) is 321 cm³/mol. The van der Waals surface area contributed by atoms with Crippen molar-refractivity contribution in [3.05, 3.63) is 48.6 Å². The van der Waals surface area contributed by atoms with Gasteiger partial charge >= 0.3 is 0 Å². The summed E-state index contributed by atoms with van der Waals surface area (Å²) in [5, 5.41) is 76.3. The number of amides is 1. The molecule has 11 nitrogen and oxygen atoms in total. The van der Waals surface area contributed by atoms with Crippen LogP contribution in [0, 0.1) is 0 Å². The highest BCUT2D eigenvalue weighted by Crippen LogP contribution is 2.23. The van der Waals surface area contributed by atoms with E-state index in [2.05, 4.69) is 67.8 Å². The number of aliphatic hydroxyl groups is 7. The zero-order chi connectivity index (χ0) is 56.1. The van der Waals surface area contributed by atoms with Crippen molar-refractivity contribution in [1.29, 1.82) is 0 Å². The lowest BCUT2D eigenvalue weighted by Crippen LogP contribution is -2.60. The first-order chi connectivity index (χ1) is 37.7. The first-order valence-corrected chi connectivity index (χ1v) is 32.5. The summed E-state index contributed by atoms with van der Waals surface area (Å²) in [6, 6.07) is -1.20. The Hall–Kier alpha value is -1.93. The molecular weight excluding hydrogens is 967 g/mol. The zero-order valence-electron chi connectivity index (χ0n) is 49.7. The van der Waals surface area contributed by atoms with E-state index in [4.69, 9.17) is 9.47 Å². The van der Waals surface area contributed by atoms with Crippen molar-refractivity contribution in [3.63, 3.8) is 0 Å². The number of aliphatic hydroxyl groups excluding tert-OH is 7. The maximum absolute atomic E-state index is 13.2. The molecule has 0 aromatic carbocycles. The largest absolute Gasteiger partial charge is 0.394 e. The summed E-state index contributed by atoms with van der Waals surface area (Å²) in [6.07, 6.45) is 58.9. The average Bonchev–Trinajstić information content (AvgIpc) is 3.43. The highest BCUT2D eigenvalue weighted by atomic mass is 16.7. The number of hydrogen-bond acceptors (Lipinski definition) is 10. The minimum absolute atomic E-state index is 0.241. The Labute approximate surface area is 472 Å². The summed E-state index contributed by atoms with van der Waals surface area (Å²) in [5.41, 5.74) is 0. The third-order valence-electron chi connectivity index (χ3n) is 15.6. The van der Waals surface area contributed by atoms with Crippen LogP contribution in [0.4, 0.5) is 0 Å². The number of ether oxygens (including phenoxy) is 2. The number of rotatable bonds is 56.